The lowest BCUT2D eigenvalue weighted by Gasteiger charge is -2.10. The molecule has 0 aromatic carbocycles. The third kappa shape index (κ3) is 4.43. The van der Waals surface area contributed by atoms with Crippen molar-refractivity contribution in [2.24, 2.45) is 5.73 Å². The van der Waals surface area contributed by atoms with Gasteiger partial charge in [-0.2, -0.15) is 0 Å². The van der Waals surface area contributed by atoms with Crippen LogP contribution in [0.4, 0.5) is 9.80 Å². The van der Waals surface area contributed by atoms with Gasteiger partial charge in [-0.15, -0.1) is 11.3 Å². The van der Waals surface area contributed by atoms with Crippen LogP contribution in [0.5, 0.6) is 0 Å². The molecule has 4 N–H and O–H groups in total. The van der Waals surface area contributed by atoms with E-state index in [1.54, 1.807) is 11.4 Å². The highest BCUT2D eigenvalue weighted by Gasteiger charge is 2.21. The van der Waals surface area contributed by atoms with Gasteiger partial charge in [-0.1, -0.05) is 0 Å². The second kappa shape index (κ2) is 7.42. The van der Waals surface area contributed by atoms with E-state index >= 15 is 0 Å². The predicted octanol–water partition coefficient (Wildman–Crippen LogP) is 1.33. The normalized spacial score (nSPS) is 11.4. The number of nitrogens with two attached hydrogens (primary N) is 1. The summed E-state index contributed by atoms with van der Waals surface area (Å²) in [5.74, 6) is -1.94. The molecule has 1 atom stereocenters. The molecule has 24 heavy (non-hydrogen) atoms. The summed E-state index contributed by atoms with van der Waals surface area (Å²) in [5.41, 5.74) is 4.81. The molecule has 10 heteroatoms. The molecule has 4 amide bonds. The van der Waals surface area contributed by atoms with Crippen molar-refractivity contribution in [2.75, 3.05) is 5.32 Å². The minimum Gasteiger partial charge on any atom is -0.459 e. The Labute approximate surface area is 139 Å². The molecule has 0 fully saturated rings. The molecule has 126 valence electrons. The largest absolute Gasteiger partial charge is 0.459 e. The molecule has 2 heterocycles. The quantitative estimate of drug-likeness (QED) is 0.694. The fourth-order valence-electron chi connectivity index (χ4n) is 1.59. The van der Waals surface area contributed by atoms with Gasteiger partial charge in [0.25, 0.3) is 11.8 Å². The number of hydrogen-bond donors (Lipinski definition) is 3. The third-order valence-electron chi connectivity index (χ3n) is 2.69. The van der Waals surface area contributed by atoms with E-state index in [9.17, 15) is 19.2 Å². The summed E-state index contributed by atoms with van der Waals surface area (Å²) < 4.78 is 9.86. The number of amides is 4. The Balaban J connectivity index is 1.94. The summed E-state index contributed by atoms with van der Waals surface area (Å²) in [6.45, 7) is 1.30. The van der Waals surface area contributed by atoms with E-state index in [0.29, 0.717) is 5.00 Å². The zero-order valence-corrected chi connectivity index (χ0v) is 13.2. The molecular weight excluding hydrogens is 338 g/mol. The first-order valence-electron chi connectivity index (χ1n) is 6.63. The van der Waals surface area contributed by atoms with Crippen molar-refractivity contribution in [3.8, 4) is 0 Å². The number of thiophene rings is 1. The summed E-state index contributed by atoms with van der Waals surface area (Å²) in [6.07, 6.45) is 0.165. The summed E-state index contributed by atoms with van der Waals surface area (Å²) in [5, 5.41) is 4.76. The van der Waals surface area contributed by atoms with Gasteiger partial charge in [0.2, 0.25) is 0 Å². The lowest BCUT2D eigenvalue weighted by molar-refractivity contribution is -0.127. The summed E-state index contributed by atoms with van der Waals surface area (Å²) in [6, 6.07) is 4.98. The maximum atomic E-state index is 11.9. The lowest BCUT2D eigenvalue weighted by atomic mass is 10.3. The summed E-state index contributed by atoms with van der Waals surface area (Å²) in [7, 11) is 0. The Morgan fingerprint density at radius 1 is 1.25 bits per heavy atom. The van der Waals surface area contributed by atoms with Gasteiger partial charge in [-0.25, -0.2) is 9.59 Å². The van der Waals surface area contributed by atoms with Gasteiger partial charge in [-0.3, -0.25) is 14.9 Å². The van der Waals surface area contributed by atoms with Crippen molar-refractivity contribution < 1.29 is 28.3 Å². The van der Waals surface area contributed by atoms with Crippen molar-refractivity contribution in [2.45, 2.75) is 13.0 Å². The smallest absolute Gasteiger partial charge is 0.349 e. The van der Waals surface area contributed by atoms with E-state index in [1.807, 2.05) is 0 Å². The molecule has 1 unspecified atom stereocenters. The molecule has 2 rings (SSSR count). The van der Waals surface area contributed by atoms with Crippen LogP contribution >= 0.6 is 11.3 Å². The van der Waals surface area contributed by atoms with E-state index in [2.05, 4.69) is 5.32 Å². The zero-order chi connectivity index (χ0) is 17.7. The Kier molecular flexibility index (Phi) is 5.32. The number of ether oxygens (including phenoxy) is 1. The standard InChI is InChI=1S/C14H13N3O6S/c1-7(11(18)17-14(15)21)23-13(20)9-4-5-10(24-9)16-12(19)8-3-2-6-22-8/h2-7H,1H3,(H,16,19)(H3,15,17,18,21). The topological polar surface area (TPSA) is 141 Å². The first kappa shape index (κ1) is 17.2. The van der Waals surface area contributed by atoms with Crippen molar-refractivity contribution in [3.63, 3.8) is 0 Å². The van der Waals surface area contributed by atoms with E-state index < -0.39 is 29.9 Å². The van der Waals surface area contributed by atoms with Crippen LogP contribution in [0, 0.1) is 0 Å². The third-order valence-corrected chi connectivity index (χ3v) is 3.67. The monoisotopic (exact) mass is 351 g/mol. The van der Waals surface area contributed by atoms with Crippen LogP contribution in [0.2, 0.25) is 0 Å². The fraction of sp³-hybridized carbons (Fsp3) is 0.143. The number of esters is 1. The molecule has 0 spiro atoms. The molecule has 0 saturated carbocycles. The zero-order valence-electron chi connectivity index (χ0n) is 12.4. The number of furan rings is 1. The van der Waals surface area contributed by atoms with Crippen molar-refractivity contribution in [3.05, 3.63) is 41.2 Å². The maximum absolute atomic E-state index is 11.9. The number of primary amides is 1. The number of carbonyl (C=O) groups excluding carboxylic acids is 4. The lowest BCUT2D eigenvalue weighted by Crippen LogP contribution is -2.42. The van der Waals surface area contributed by atoms with Gasteiger partial charge in [-0.05, 0) is 31.2 Å². The number of urea groups is 1. The van der Waals surface area contributed by atoms with Crippen LogP contribution in [0.25, 0.3) is 0 Å². The Bertz CT molecular complexity index is 767. The van der Waals surface area contributed by atoms with E-state index in [1.165, 1.54) is 31.4 Å². The number of carbonyl (C=O) groups is 4. The Morgan fingerprint density at radius 2 is 2.00 bits per heavy atom. The van der Waals surface area contributed by atoms with Crippen LogP contribution in [0.3, 0.4) is 0 Å². The first-order valence-corrected chi connectivity index (χ1v) is 7.44. The second-order valence-electron chi connectivity index (χ2n) is 4.50. The number of imide groups is 1. The number of rotatable bonds is 5. The molecule has 0 bridgehead atoms. The van der Waals surface area contributed by atoms with E-state index in [-0.39, 0.29) is 10.6 Å². The molecule has 0 saturated heterocycles. The SMILES string of the molecule is CC(OC(=O)c1ccc(NC(=O)c2ccco2)s1)C(=O)NC(N)=O. The fourth-order valence-corrected chi connectivity index (χ4v) is 2.38. The molecule has 0 aliphatic carbocycles. The van der Waals surface area contributed by atoms with Gasteiger partial charge >= 0.3 is 12.0 Å². The molecule has 9 nitrogen and oxygen atoms in total. The highest BCUT2D eigenvalue weighted by molar-refractivity contribution is 7.18. The number of hydrogen-bond acceptors (Lipinski definition) is 7. The Hall–Kier alpha value is -3.14. The predicted molar refractivity (Wildman–Crippen MR) is 83.6 cm³/mol. The number of anilines is 1. The minimum atomic E-state index is -1.20. The average molecular weight is 351 g/mol. The van der Waals surface area contributed by atoms with Crippen LogP contribution in [-0.2, 0) is 9.53 Å². The average Bonchev–Trinajstić information content (AvgIpc) is 3.17. The molecular formula is C14H13N3O6S. The van der Waals surface area contributed by atoms with Crippen LogP contribution in [-0.4, -0.2) is 29.9 Å². The molecule has 2 aromatic heterocycles. The molecule has 2 aromatic rings. The van der Waals surface area contributed by atoms with E-state index in [4.69, 9.17) is 14.9 Å². The van der Waals surface area contributed by atoms with Gasteiger partial charge in [0, 0.05) is 0 Å². The van der Waals surface area contributed by atoms with Gasteiger partial charge in [0.05, 0.1) is 11.3 Å². The highest BCUT2D eigenvalue weighted by Crippen LogP contribution is 2.23. The van der Waals surface area contributed by atoms with Crippen LogP contribution in [0.1, 0.15) is 27.2 Å². The second-order valence-corrected chi connectivity index (χ2v) is 5.58. The van der Waals surface area contributed by atoms with Crippen LogP contribution in [0.15, 0.2) is 34.9 Å². The molecule has 0 radical (unpaired) electrons. The highest BCUT2D eigenvalue weighted by atomic mass is 32.1. The summed E-state index contributed by atoms with van der Waals surface area (Å²) in [4.78, 5) is 45.9. The summed E-state index contributed by atoms with van der Waals surface area (Å²) >= 11 is 0.963. The number of nitrogens with one attached hydrogen (secondary N) is 2. The van der Waals surface area contributed by atoms with Crippen molar-refractivity contribution in [1.82, 2.24) is 5.32 Å². The van der Waals surface area contributed by atoms with Crippen molar-refractivity contribution in [1.29, 1.82) is 0 Å². The minimum absolute atomic E-state index is 0.129. The maximum Gasteiger partial charge on any atom is 0.349 e. The first-order chi connectivity index (χ1) is 11.4. The van der Waals surface area contributed by atoms with Gasteiger partial charge in [0.1, 0.15) is 4.88 Å². The van der Waals surface area contributed by atoms with Crippen LogP contribution < -0.4 is 16.4 Å². The van der Waals surface area contributed by atoms with Crippen molar-refractivity contribution >= 4 is 40.2 Å². The molecule has 0 aliphatic heterocycles. The van der Waals surface area contributed by atoms with Gasteiger partial charge < -0.3 is 20.2 Å². The Morgan fingerprint density at radius 3 is 2.62 bits per heavy atom. The van der Waals surface area contributed by atoms with E-state index in [0.717, 1.165) is 11.3 Å². The molecule has 0 aliphatic rings. The van der Waals surface area contributed by atoms with Gasteiger partial charge in [0.15, 0.2) is 11.9 Å².